The van der Waals surface area contributed by atoms with E-state index in [4.69, 9.17) is 0 Å². The van der Waals surface area contributed by atoms with Gasteiger partial charge in [-0.25, -0.2) is 0 Å². The molecule has 82 valence electrons. The minimum atomic E-state index is 1.05. The van der Waals surface area contributed by atoms with Gasteiger partial charge in [0, 0.05) is 4.90 Å². The monoisotopic (exact) mass is 220 g/mol. The first-order valence-electron chi connectivity index (χ1n) is 5.76. The highest BCUT2D eigenvalue weighted by molar-refractivity contribution is 7.80. The quantitative estimate of drug-likeness (QED) is 0.666. The zero-order valence-corrected chi connectivity index (χ0v) is 10.6. The number of hydrogen-bond acceptors (Lipinski definition) is 1. The van der Waals surface area contributed by atoms with E-state index in [-0.39, 0.29) is 0 Å². The molecular weight excluding hydrogens is 200 g/mol. The van der Waals surface area contributed by atoms with Gasteiger partial charge in [-0.3, -0.25) is 0 Å². The molecule has 0 spiro atoms. The Kier molecular flexibility index (Phi) is 5.56. The van der Waals surface area contributed by atoms with Gasteiger partial charge in [-0.15, -0.1) is 12.6 Å². The molecule has 0 radical (unpaired) electrons. The lowest BCUT2D eigenvalue weighted by molar-refractivity contribution is 0.932. The smallest absolute Gasteiger partial charge is 0.00460 e. The van der Waals surface area contributed by atoms with Crippen molar-refractivity contribution in [3.05, 3.63) is 35.9 Å². The van der Waals surface area contributed by atoms with Gasteiger partial charge in [-0.05, 0) is 36.1 Å². The summed E-state index contributed by atoms with van der Waals surface area (Å²) >= 11 is 4.38. The zero-order valence-electron chi connectivity index (χ0n) is 9.66. The van der Waals surface area contributed by atoms with Crippen molar-refractivity contribution in [2.75, 3.05) is 0 Å². The lowest BCUT2D eigenvalue weighted by Gasteiger charge is -2.07. The highest BCUT2D eigenvalue weighted by Gasteiger charge is 2.00. The molecule has 1 aromatic carbocycles. The summed E-state index contributed by atoms with van der Waals surface area (Å²) in [4.78, 5) is 1.05. The van der Waals surface area contributed by atoms with Gasteiger partial charge < -0.3 is 0 Å². The Hall–Kier alpha value is -0.690. The summed E-state index contributed by atoms with van der Waals surface area (Å²) in [6.07, 6.45) is 7.12. The standard InChI is InChI=1S/C14H20S/c1-3-5-8-12(7-4-2)13-9-6-10-14(15)11-13/h6,8-11,15H,3-5,7H2,1-2H3/b12-8+. The van der Waals surface area contributed by atoms with Crippen molar-refractivity contribution in [3.8, 4) is 0 Å². The van der Waals surface area contributed by atoms with E-state index in [0.717, 1.165) is 11.3 Å². The highest BCUT2D eigenvalue weighted by atomic mass is 32.1. The maximum absolute atomic E-state index is 4.38. The molecule has 0 N–H and O–H groups in total. The highest BCUT2D eigenvalue weighted by Crippen LogP contribution is 2.22. The molecule has 0 aliphatic carbocycles. The summed E-state index contributed by atoms with van der Waals surface area (Å²) in [6, 6.07) is 8.43. The van der Waals surface area contributed by atoms with E-state index in [1.165, 1.54) is 30.4 Å². The van der Waals surface area contributed by atoms with Gasteiger partial charge in [-0.2, -0.15) is 0 Å². The van der Waals surface area contributed by atoms with Crippen LogP contribution in [0.2, 0.25) is 0 Å². The third kappa shape index (κ3) is 4.13. The molecule has 0 saturated heterocycles. The molecular formula is C14H20S. The van der Waals surface area contributed by atoms with Crippen molar-refractivity contribution in [1.82, 2.24) is 0 Å². The summed E-state index contributed by atoms with van der Waals surface area (Å²) in [5.74, 6) is 0. The van der Waals surface area contributed by atoms with E-state index in [1.54, 1.807) is 0 Å². The van der Waals surface area contributed by atoms with Crippen molar-refractivity contribution < 1.29 is 0 Å². The molecule has 1 aromatic rings. The van der Waals surface area contributed by atoms with Crippen LogP contribution in [-0.4, -0.2) is 0 Å². The normalized spacial score (nSPS) is 11.8. The molecule has 0 saturated carbocycles. The van der Waals surface area contributed by atoms with E-state index in [2.05, 4.69) is 50.8 Å². The summed E-state index contributed by atoms with van der Waals surface area (Å²) in [5, 5.41) is 0. The van der Waals surface area contributed by atoms with Gasteiger partial charge >= 0.3 is 0 Å². The van der Waals surface area contributed by atoms with Gasteiger partial charge in [0.15, 0.2) is 0 Å². The lowest BCUT2D eigenvalue weighted by Crippen LogP contribution is -1.85. The van der Waals surface area contributed by atoms with Crippen LogP contribution in [0.15, 0.2) is 35.2 Å². The Labute approximate surface area is 98.8 Å². The Morgan fingerprint density at radius 1 is 1.27 bits per heavy atom. The van der Waals surface area contributed by atoms with Gasteiger partial charge in [0.05, 0.1) is 0 Å². The Morgan fingerprint density at radius 2 is 2.07 bits per heavy atom. The Morgan fingerprint density at radius 3 is 2.67 bits per heavy atom. The molecule has 0 fully saturated rings. The van der Waals surface area contributed by atoms with E-state index in [9.17, 15) is 0 Å². The van der Waals surface area contributed by atoms with Crippen LogP contribution in [0.4, 0.5) is 0 Å². The maximum atomic E-state index is 4.38. The number of unbranched alkanes of at least 4 members (excludes halogenated alkanes) is 1. The number of rotatable bonds is 5. The number of benzene rings is 1. The lowest BCUT2D eigenvalue weighted by atomic mass is 10.00. The fraction of sp³-hybridized carbons (Fsp3) is 0.429. The van der Waals surface area contributed by atoms with E-state index >= 15 is 0 Å². The van der Waals surface area contributed by atoms with Crippen molar-refractivity contribution in [1.29, 1.82) is 0 Å². The van der Waals surface area contributed by atoms with Crippen LogP contribution in [0, 0.1) is 0 Å². The summed E-state index contributed by atoms with van der Waals surface area (Å²) in [7, 11) is 0. The third-order valence-electron chi connectivity index (χ3n) is 2.42. The van der Waals surface area contributed by atoms with Crippen LogP contribution in [-0.2, 0) is 0 Å². The maximum Gasteiger partial charge on any atom is 0.00460 e. The first-order valence-corrected chi connectivity index (χ1v) is 6.21. The summed E-state index contributed by atoms with van der Waals surface area (Å²) in [5.41, 5.74) is 2.80. The van der Waals surface area contributed by atoms with Crippen LogP contribution in [0.5, 0.6) is 0 Å². The number of allylic oxidation sites excluding steroid dienone is 2. The second-order valence-electron chi connectivity index (χ2n) is 3.82. The average Bonchev–Trinajstić information content (AvgIpc) is 2.24. The minimum Gasteiger partial charge on any atom is -0.143 e. The second-order valence-corrected chi connectivity index (χ2v) is 4.33. The van der Waals surface area contributed by atoms with Crippen molar-refractivity contribution in [2.24, 2.45) is 0 Å². The van der Waals surface area contributed by atoms with Crippen LogP contribution >= 0.6 is 12.6 Å². The van der Waals surface area contributed by atoms with E-state index in [0.29, 0.717) is 0 Å². The van der Waals surface area contributed by atoms with E-state index in [1.807, 2.05) is 6.07 Å². The van der Waals surface area contributed by atoms with Crippen LogP contribution < -0.4 is 0 Å². The molecule has 0 atom stereocenters. The number of thiol groups is 1. The molecule has 0 bridgehead atoms. The van der Waals surface area contributed by atoms with E-state index < -0.39 is 0 Å². The predicted molar refractivity (Wildman–Crippen MR) is 71.5 cm³/mol. The molecule has 0 nitrogen and oxygen atoms in total. The first kappa shape index (κ1) is 12.4. The van der Waals surface area contributed by atoms with Gasteiger partial charge in [0.2, 0.25) is 0 Å². The van der Waals surface area contributed by atoms with Crippen molar-refractivity contribution >= 4 is 18.2 Å². The van der Waals surface area contributed by atoms with Gasteiger partial charge in [0.25, 0.3) is 0 Å². The number of hydrogen-bond donors (Lipinski definition) is 1. The minimum absolute atomic E-state index is 1.05. The van der Waals surface area contributed by atoms with Crippen LogP contribution in [0.3, 0.4) is 0 Å². The average molecular weight is 220 g/mol. The molecule has 0 aliphatic rings. The fourth-order valence-corrected chi connectivity index (χ4v) is 1.88. The van der Waals surface area contributed by atoms with Crippen molar-refractivity contribution in [3.63, 3.8) is 0 Å². The van der Waals surface area contributed by atoms with Gasteiger partial charge in [-0.1, -0.05) is 44.9 Å². The molecule has 0 amide bonds. The SMILES string of the molecule is CCC/C=C(\CCC)c1cccc(S)c1. The predicted octanol–water partition coefficient (Wildman–Crippen LogP) is 4.96. The fourth-order valence-electron chi connectivity index (χ4n) is 1.66. The molecule has 0 aromatic heterocycles. The largest absolute Gasteiger partial charge is 0.143 e. The Bertz CT molecular complexity index is 326. The molecule has 15 heavy (non-hydrogen) atoms. The third-order valence-corrected chi connectivity index (χ3v) is 2.69. The topological polar surface area (TPSA) is 0 Å². The molecule has 1 heteroatoms. The molecule has 1 rings (SSSR count). The van der Waals surface area contributed by atoms with Crippen LogP contribution in [0.25, 0.3) is 5.57 Å². The molecule has 0 aliphatic heterocycles. The molecule has 0 unspecified atom stereocenters. The zero-order chi connectivity index (χ0) is 11.1. The summed E-state index contributed by atoms with van der Waals surface area (Å²) in [6.45, 7) is 4.44. The van der Waals surface area contributed by atoms with Gasteiger partial charge in [0.1, 0.15) is 0 Å². The molecule has 0 heterocycles. The Balaban J connectivity index is 2.88. The van der Waals surface area contributed by atoms with Crippen LogP contribution in [0.1, 0.15) is 45.1 Å². The second kappa shape index (κ2) is 6.73. The summed E-state index contributed by atoms with van der Waals surface area (Å²) < 4.78 is 0. The van der Waals surface area contributed by atoms with Crippen molar-refractivity contribution in [2.45, 2.75) is 44.4 Å². The first-order chi connectivity index (χ1) is 7.27.